The molecule has 118 valence electrons. The van der Waals surface area contributed by atoms with E-state index >= 15 is 0 Å². The monoisotopic (exact) mass is 334 g/mol. The van der Waals surface area contributed by atoms with Crippen molar-refractivity contribution in [2.75, 3.05) is 5.73 Å². The van der Waals surface area contributed by atoms with Crippen LogP contribution in [0.15, 0.2) is 17.0 Å². The van der Waals surface area contributed by atoms with Crippen LogP contribution in [0.4, 0.5) is 10.1 Å². The van der Waals surface area contributed by atoms with Crippen molar-refractivity contribution in [2.24, 2.45) is 11.8 Å². The summed E-state index contributed by atoms with van der Waals surface area (Å²) >= 11 is 5.85. The average molecular weight is 335 g/mol. The largest absolute Gasteiger partial charge is 0.396 e. The van der Waals surface area contributed by atoms with Crippen molar-refractivity contribution in [3.05, 3.63) is 23.0 Å². The van der Waals surface area contributed by atoms with Crippen molar-refractivity contribution in [2.45, 2.75) is 44.0 Å². The van der Waals surface area contributed by atoms with Gasteiger partial charge in [-0.15, -0.1) is 0 Å². The minimum atomic E-state index is -3.81. The zero-order chi connectivity index (χ0) is 15.8. The molecule has 0 aliphatic heterocycles. The van der Waals surface area contributed by atoms with Gasteiger partial charge in [-0.2, -0.15) is 0 Å². The number of hydrogen-bond acceptors (Lipinski definition) is 3. The zero-order valence-electron chi connectivity index (χ0n) is 12.1. The maximum Gasteiger partial charge on any atom is 0.242 e. The molecule has 0 aromatic heterocycles. The van der Waals surface area contributed by atoms with E-state index in [1.165, 1.54) is 0 Å². The van der Waals surface area contributed by atoms with Crippen molar-refractivity contribution < 1.29 is 12.8 Å². The SMILES string of the molecule is CC1CC(C)CC(NS(=O)(=O)c2cc(N)c(F)cc2Cl)C1. The second-order valence-corrected chi connectivity index (χ2v) is 8.13. The van der Waals surface area contributed by atoms with Crippen LogP contribution in [0.5, 0.6) is 0 Å². The highest BCUT2D eigenvalue weighted by molar-refractivity contribution is 7.89. The number of rotatable bonds is 3. The highest BCUT2D eigenvalue weighted by Gasteiger charge is 2.29. The lowest BCUT2D eigenvalue weighted by Gasteiger charge is -2.31. The van der Waals surface area contributed by atoms with E-state index in [-0.39, 0.29) is 21.6 Å². The molecule has 2 rings (SSSR count). The van der Waals surface area contributed by atoms with E-state index in [0.29, 0.717) is 11.8 Å². The number of hydrogen-bond donors (Lipinski definition) is 2. The fourth-order valence-corrected chi connectivity index (χ4v) is 4.89. The first-order chi connectivity index (χ1) is 9.69. The van der Waals surface area contributed by atoms with Crippen molar-refractivity contribution in [3.8, 4) is 0 Å². The molecular weight excluding hydrogens is 315 g/mol. The Bertz CT molecular complexity index is 626. The summed E-state index contributed by atoms with van der Waals surface area (Å²) in [5, 5.41) is -0.161. The number of benzene rings is 1. The molecule has 2 atom stereocenters. The van der Waals surface area contributed by atoms with Gasteiger partial charge in [-0.25, -0.2) is 17.5 Å². The van der Waals surface area contributed by atoms with E-state index in [1.54, 1.807) is 0 Å². The quantitative estimate of drug-likeness (QED) is 0.834. The predicted octanol–water partition coefficient (Wildman–Crippen LogP) is 3.16. The molecule has 21 heavy (non-hydrogen) atoms. The lowest BCUT2D eigenvalue weighted by molar-refractivity contribution is 0.257. The third kappa shape index (κ3) is 3.87. The fraction of sp³-hybridized carbons (Fsp3) is 0.571. The van der Waals surface area contributed by atoms with Gasteiger partial charge >= 0.3 is 0 Å². The third-order valence-electron chi connectivity index (χ3n) is 3.84. The minimum Gasteiger partial charge on any atom is -0.396 e. The second-order valence-electron chi connectivity index (χ2n) is 6.04. The third-order valence-corrected chi connectivity index (χ3v) is 5.83. The van der Waals surface area contributed by atoms with Gasteiger partial charge in [0.15, 0.2) is 0 Å². The highest BCUT2D eigenvalue weighted by Crippen LogP contribution is 2.31. The summed E-state index contributed by atoms with van der Waals surface area (Å²) in [7, 11) is -3.81. The molecule has 1 aliphatic rings. The van der Waals surface area contributed by atoms with Crippen LogP contribution in [0.1, 0.15) is 33.1 Å². The zero-order valence-corrected chi connectivity index (χ0v) is 13.6. The average Bonchev–Trinajstić information content (AvgIpc) is 2.31. The molecule has 0 radical (unpaired) electrons. The number of halogens is 2. The molecule has 1 fully saturated rings. The molecule has 0 amide bonds. The van der Waals surface area contributed by atoms with Gasteiger partial charge in [-0.3, -0.25) is 0 Å². The van der Waals surface area contributed by atoms with Crippen LogP contribution in [0.2, 0.25) is 5.02 Å². The molecule has 1 aliphatic carbocycles. The topological polar surface area (TPSA) is 72.2 Å². The van der Waals surface area contributed by atoms with E-state index in [0.717, 1.165) is 31.4 Å². The Morgan fingerprint density at radius 3 is 2.38 bits per heavy atom. The Labute approximate surface area is 129 Å². The summed E-state index contributed by atoms with van der Waals surface area (Å²) in [5.74, 6) is 0.212. The molecule has 0 spiro atoms. The maximum atomic E-state index is 13.3. The Morgan fingerprint density at radius 1 is 1.24 bits per heavy atom. The molecule has 1 saturated carbocycles. The second kappa shape index (κ2) is 6.10. The molecule has 4 nitrogen and oxygen atoms in total. The van der Waals surface area contributed by atoms with E-state index in [9.17, 15) is 12.8 Å². The number of nitrogens with two attached hydrogens (primary N) is 1. The van der Waals surface area contributed by atoms with Crippen molar-refractivity contribution in [3.63, 3.8) is 0 Å². The van der Waals surface area contributed by atoms with Crippen LogP contribution in [-0.2, 0) is 10.0 Å². The lowest BCUT2D eigenvalue weighted by Crippen LogP contribution is -2.40. The summed E-state index contributed by atoms with van der Waals surface area (Å²) < 4.78 is 40.8. The van der Waals surface area contributed by atoms with Gasteiger partial charge in [0, 0.05) is 6.04 Å². The molecular formula is C14H20ClFN2O2S. The Kier molecular flexibility index (Phi) is 4.80. The lowest BCUT2D eigenvalue weighted by atomic mass is 9.81. The molecule has 3 N–H and O–H groups in total. The molecule has 2 unspecified atom stereocenters. The summed E-state index contributed by atoms with van der Waals surface area (Å²) in [6, 6.07) is 1.86. The van der Waals surface area contributed by atoms with Crippen LogP contribution in [-0.4, -0.2) is 14.5 Å². The first kappa shape index (κ1) is 16.5. The Hall–Kier alpha value is -0.850. The Morgan fingerprint density at radius 2 is 1.81 bits per heavy atom. The molecule has 1 aromatic rings. The number of nitrogen functional groups attached to an aromatic ring is 1. The van der Waals surface area contributed by atoms with E-state index in [1.807, 2.05) is 0 Å². The van der Waals surface area contributed by atoms with Crippen LogP contribution in [0, 0.1) is 17.7 Å². The Balaban J connectivity index is 2.24. The van der Waals surface area contributed by atoms with Gasteiger partial charge in [0.1, 0.15) is 10.7 Å². The van der Waals surface area contributed by atoms with E-state index < -0.39 is 15.8 Å². The summed E-state index contributed by atoms with van der Waals surface area (Å²) in [6.45, 7) is 4.22. The molecule has 7 heteroatoms. The van der Waals surface area contributed by atoms with Gasteiger partial charge < -0.3 is 5.73 Å². The predicted molar refractivity (Wildman–Crippen MR) is 82.1 cm³/mol. The van der Waals surface area contributed by atoms with E-state index in [4.69, 9.17) is 17.3 Å². The number of anilines is 1. The van der Waals surface area contributed by atoms with Crippen LogP contribution in [0.3, 0.4) is 0 Å². The van der Waals surface area contributed by atoms with Crippen LogP contribution < -0.4 is 10.5 Å². The first-order valence-electron chi connectivity index (χ1n) is 6.96. The van der Waals surface area contributed by atoms with Crippen LogP contribution in [0.25, 0.3) is 0 Å². The maximum absolute atomic E-state index is 13.3. The van der Waals surface area contributed by atoms with Crippen molar-refractivity contribution in [1.82, 2.24) is 4.72 Å². The standard InChI is InChI=1S/C14H20ClFN2O2S/c1-8-3-9(2)5-10(4-8)18-21(19,20)14-7-13(17)12(16)6-11(14)15/h6-10,18H,3-5,17H2,1-2H3. The number of sulfonamides is 1. The van der Waals surface area contributed by atoms with Gasteiger partial charge in [0.25, 0.3) is 0 Å². The number of nitrogens with one attached hydrogen (secondary N) is 1. The molecule has 0 heterocycles. The molecule has 0 bridgehead atoms. The van der Waals surface area contributed by atoms with Gasteiger partial charge in [0.2, 0.25) is 10.0 Å². The fourth-order valence-electron chi connectivity index (χ4n) is 3.08. The van der Waals surface area contributed by atoms with Gasteiger partial charge in [-0.05, 0) is 43.2 Å². The summed E-state index contributed by atoms with van der Waals surface area (Å²) in [4.78, 5) is -0.172. The smallest absolute Gasteiger partial charge is 0.242 e. The van der Waals surface area contributed by atoms with Gasteiger partial charge in [-0.1, -0.05) is 25.4 Å². The van der Waals surface area contributed by atoms with E-state index in [2.05, 4.69) is 18.6 Å². The summed E-state index contributed by atoms with van der Waals surface area (Å²) in [6.07, 6.45) is 2.68. The highest BCUT2D eigenvalue weighted by atomic mass is 35.5. The van der Waals surface area contributed by atoms with Crippen molar-refractivity contribution >= 4 is 27.3 Å². The van der Waals surface area contributed by atoms with Crippen molar-refractivity contribution in [1.29, 1.82) is 0 Å². The molecule has 0 saturated heterocycles. The van der Waals surface area contributed by atoms with Gasteiger partial charge in [0.05, 0.1) is 10.7 Å². The normalized spacial score (nSPS) is 26.8. The molecule has 1 aromatic carbocycles. The van der Waals surface area contributed by atoms with Crippen LogP contribution >= 0.6 is 11.6 Å². The summed E-state index contributed by atoms with van der Waals surface area (Å²) in [5.41, 5.74) is 5.21. The first-order valence-corrected chi connectivity index (χ1v) is 8.82. The minimum absolute atomic E-state index is 0.129.